The van der Waals surface area contributed by atoms with Crippen LogP contribution in [0.1, 0.15) is 37.7 Å². The minimum Gasteiger partial charge on any atom is -0.352 e. The number of nitrogens with one attached hydrogen (secondary N) is 2. The zero-order valence-electron chi connectivity index (χ0n) is 12.9. The summed E-state index contributed by atoms with van der Waals surface area (Å²) in [5.41, 5.74) is 1.29. The highest BCUT2D eigenvalue weighted by Crippen LogP contribution is 2.40. The van der Waals surface area contributed by atoms with E-state index in [0.29, 0.717) is 12.5 Å². The number of benzene rings is 1. The molecule has 5 nitrogen and oxygen atoms in total. The normalized spacial score (nSPS) is 27.1. The van der Waals surface area contributed by atoms with Gasteiger partial charge in [0.25, 0.3) is 0 Å². The molecular weight excluding hydrogens is 278 g/mol. The number of hydrogen-bond donors (Lipinski definition) is 2. The van der Waals surface area contributed by atoms with Gasteiger partial charge in [0, 0.05) is 38.0 Å². The summed E-state index contributed by atoms with van der Waals surface area (Å²) in [7, 11) is 0. The van der Waals surface area contributed by atoms with Crippen molar-refractivity contribution in [2.24, 2.45) is 0 Å². The van der Waals surface area contributed by atoms with Gasteiger partial charge in [-0.1, -0.05) is 30.3 Å². The third-order valence-corrected chi connectivity index (χ3v) is 4.44. The van der Waals surface area contributed by atoms with E-state index >= 15 is 0 Å². The van der Waals surface area contributed by atoms with Crippen molar-refractivity contribution < 1.29 is 9.59 Å². The van der Waals surface area contributed by atoms with Gasteiger partial charge in [-0.2, -0.15) is 0 Å². The lowest BCUT2D eigenvalue weighted by Crippen LogP contribution is -2.52. The number of carbonyl (C=O) groups excluding carboxylic acids is 2. The number of carbonyl (C=O) groups is 2. The largest absolute Gasteiger partial charge is 0.352 e. The first kappa shape index (κ1) is 14.9. The summed E-state index contributed by atoms with van der Waals surface area (Å²) in [5.74, 6) is 0.416. The molecule has 1 aromatic rings. The van der Waals surface area contributed by atoms with E-state index < -0.39 is 0 Å². The van der Waals surface area contributed by atoms with Crippen LogP contribution in [0, 0.1) is 0 Å². The molecule has 1 aromatic carbocycles. The minimum absolute atomic E-state index is 0.00140. The van der Waals surface area contributed by atoms with Crippen LogP contribution in [0.5, 0.6) is 0 Å². The number of piperidine rings is 1. The molecule has 0 unspecified atom stereocenters. The molecule has 3 amide bonds. The van der Waals surface area contributed by atoms with E-state index in [0.717, 1.165) is 25.8 Å². The molecule has 0 aromatic heterocycles. The van der Waals surface area contributed by atoms with Crippen molar-refractivity contribution in [3.8, 4) is 0 Å². The fourth-order valence-electron chi connectivity index (χ4n) is 3.24. The Morgan fingerprint density at radius 2 is 1.95 bits per heavy atom. The van der Waals surface area contributed by atoms with Crippen LogP contribution in [0.4, 0.5) is 4.79 Å². The maximum Gasteiger partial charge on any atom is 0.317 e. The first-order chi connectivity index (χ1) is 10.6. The fraction of sp³-hybridized carbons (Fsp3) is 0.529. The van der Waals surface area contributed by atoms with Crippen molar-refractivity contribution in [3.63, 3.8) is 0 Å². The molecule has 2 fully saturated rings. The van der Waals surface area contributed by atoms with Crippen molar-refractivity contribution in [1.29, 1.82) is 0 Å². The Morgan fingerprint density at radius 1 is 1.18 bits per heavy atom. The molecule has 0 radical (unpaired) electrons. The van der Waals surface area contributed by atoms with Crippen LogP contribution >= 0.6 is 0 Å². The Hall–Kier alpha value is -2.04. The van der Waals surface area contributed by atoms with Crippen LogP contribution < -0.4 is 10.6 Å². The summed E-state index contributed by atoms with van der Waals surface area (Å²) in [5, 5.41) is 6.03. The van der Waals surface area contributed by atoms with Gasteiger partial charge in [0.1, 0.15) is 0 Å². The number of likely N-dealkylation sites (tertiary alicyclic amines) is 1. The second-order valence-electron chi connectivity index (χ2n) is 6.29. The Labute approximate surface area is 131 Å². The first-order valence-corrected chi connectivity index (χ1v) is 8.01. The van der Waals surface area contributed by atoms with E-state index in [9.17, 15) is 9.59 Å². The zero-order chi connectivity index (χ0) is 15.5. The van der Waals surface area contributed by atoms with Crippen molar-refractivity contribution in [1.82, 2.24) is 15.5 Å². The van der Waals surface area contributed by atoms with Crippen LogP contribution in [0.3, 0.4) is 0 Å². The van der Waals surface area contributed by atoms with Crippen LogP contribution in [-0.2, 0) is 4.79 Å². The first-order valence-electron chi connectivity index (χ1n) is 8.01. The third kappa shape index (κ3) is 3.59. The minimum atomic E-state index is -0.0291. The molecule has 118 valence electrons. The molecule has 1 aliphatic carbocycles. The van der Waals surface area contributed by atoms with Crippen molar-refractivity contribution in [2.45, 2.75) is 44.2 Å². The predicted octanol–water partition coefficient (Wildman–Crippen LogP) is 1.85. The molecule has 1 saturated carbocycles. The molecule has 3 atom stereocenters. The van der Waals surface area contributed by atoms with Gasteiger partial charge in [-0.05, 0) is 24.8 Å². The monoisotopic (exact) mass is 301 g/mol. The van der Waals surface area contributed by atoms with E-state index in [4.69, 9.17) is 0 Å². The average Bonchev–Trinajstić information content (AvgIpc) is 3.27. The van der Waals surface area contributed by atoms with Gasteiger partial charge in [0.05, 0.1) is 0 Å². The summed E-state index contributed by atoms with van der Waals surface area (Å²) >= 11 is 0. The second-order valence-corrected chi connectivity index (χ2v) is 6.29. The van der Waals surface area contributed by atoms with E-state index in [1.807, 2.05) is 23.1 Å². The molecule has 1 heterocycles. The Kier molecular flexibility index (Phi) is 4.32. The highest BCUT2D eigenvalue weighted by molar-refractivity contribution is 5.76. The molecule has 1 saturated heterocycles. The molecule has 2 aliphatic rings. The Bertz CT molecular complexity index is 546. The SMILES string of the molecule is CC(=O)N[C@@H]1CCCN(C(=O)N[C@@H]2C[C@H]2c2ccccc2)C1. The van der Waals surface area contributed by atoms with Gasteiger partial charge < -0.3 is 15.5 Å². The van der Waals surface area contributed by atoms with Gasteiger partial charge >= 0.3 is 6.03 Å². The molecule has 0 spiro atoms. The summed E-state index contributed by atoms with van der Waals surface area (Å²) in [4.78, 5) is 25.3. The molecule has 0 bridgehead atoms. The average molecular weight is 301 g/mol. The maximum absolute atomic E-state index is 12.4. The highest BCUT2D eigenvalue weighted by Gasteiger charge is 2.40. The van der Waals surface area contributed by atoms with E-state index in [2.05, 4.69) is 22.8 Å². The topological polar surface area (TPSA) is 61.4 Å². The van der Waals surface area contributed by atoms with Crippen molar-refractivity contribution in [3.05, 3.63) is 35.9 Å². The lowest BCUT2D eigenvalue weighted by molar-refractivity contribution is -0.119. The number of nitrogens with zero attached hydrogens (tertiary/aromatic N) is 1. The van der Waals surface area contributed by atoms with Crippen LogP contribution in [0.15, 0.2) is 30.3 Å². The van der Waals surface area contributed by atoms with E-state index in [-0.39, 0.29) is 24.0 Å². The molecule has 2 N–H and O–H groups in total. The highest BCUT2D eigenvalue weighted by atomic mass is 16.2. The summed E-state index contributed by atoms with van der Waals surface area (Å²) in [6.45, 7) is 2.90. The molecule has 1 aliphatic heterocycles. The smallest absolute Gasteiger partial charge is 0.317 e. The van der Waals surface area contributed by atoms with Gasteiger partial charge in [0.15, 0.2) is 0 Å². The Morgan fingerprint density at radius 3 is 2.68 bits per heavy atom. The maximum atomic E-state index is 12.4. The lowest BCUT2D eigenvalue weighted by Gasteiger charge is -2.33. The predicted molar refractivity (Wildman–Crippen MR) is 84.5 cm³/mol. The third-order valence-electron chi connectivity index (χ3n) is 4.44. The van der Waals surface area contributed by atoms with Crippen LogP contribution in [0.25, 0.3) is 0 Å². The second kappa shape index (κ2) is 6.38. The molecule has 5 heteroatoms. The van der Waals surface area contributed by atoms with Crippen LogP contribution in [0.2, 0.25) is 0 Å². The van der Waals surface area contributed by atoms with Crippen molar-refractivity contribution in [2.75, 3.05) is 13.1 Å². The Balaban J connectivity index is 1.49. The quantitative estimate of drug-likeness (QED) is 0.895. The summed E-state index contributed by atoms with van der Waals surface area (Å²) < 4.78 is 0. The number of rotatable bonds is 3. The van der Waals surface area contributed by atoms with Gasteiger partial charge in [-0.25, -0.2) is 4.79 Å². The van der Waals surface area contributed by atoms with Gasteiger partial charge in [-0.3, -0.25) is 4.79 Å². The van der Waals surface area contributed by atoms with Gasteiger partial charge in [0.2, 0.25) is 5.91 Å². The van der Waals surface area contributed by atoms with Crippen molar-refractivity contribution >= 4 is 11.9 Å². The fourth-order valence-corrected chi connectivity index (χ4v) is 3.24. The van der Waals surface area contributed by atoms with Crippen LogP contribution in [-0.4, -0.2) is 42.0 Å². The molecular formula is C17H23N3O2. The lowest BCUT2D eigenvalue weighted by atomic mass is 10.1. The standard InChI is InChI=1S/C17H23N3O2/c1-12(21)18-14-8-5-9-20(11-14)17(22)19-16-10-15(16)13-6-3-2-4-7-13/h2-4,6-7,14-16H,5,8-11H2,1H3,(H,18,21)(H,19,22)/t14-,15+,16-/m1/s1. The van der Waals surface area contributed by atoms with Gasteiger partial charge in [-0.15, -0.1) is 0 Å². The summed E-state index contributed by atoms with van der Waals surface area (Å²) in [6, 6.07) is 10.6. The molecule has 3 rings (SSSR count). The zero-order valence-corrected chi connectivity index (χ0v) is 12.9. The summed E-state index contributed by atoms with van der Waals surface area (Å²) in [6.07, 6.45) is 2.89. The number of amides is 3. The van der Waals surface area contributed by atoms with E-state index in [1.54, 1.807) is 0 Å². The number of urea groups is 1. The number of hydrogen-bond acceptors (Lipinski definition) is 2. The molecule has 22 heavy (non-hydrogen) atoms. The van der Waals surface area contributed by atoms with E-state index in [1.165, 1.54) is 12.5 Å².